The Kier molecular flexibility index (Phi) is 5.95. The molecule has 20 heavy (non-hydrogen) atoms. The maximum absolute atomic E-state index is 11.6. The normalized spacial score (nSPS) is 16.8. The van der Waals surface area contributed by atoms with Crippen LogP contribution in [0.25, 0.3) is 6.08 Å². The monoisotopic (exact) mass is 273 g/mol. The predicted molar refractivity (Wildman–Crippen MR) is 79.4 cm³/mol. The van der Waals surface area contributed by atoms with Gasteiger partial charge in [0.05, 0.1) is 19.8 Å². The molecule has 1 saturated heterocycles. The van der Waals surface area contributed by atoms with Gasteiger partial charge in [-0.15, -0.1) is 0 Å². The van der Waals surface area contributed by atoms with Crippen molar-refractivity contribution in [1.82, 2.24) is 10.3 Å². The van der Waals surface area contributed by atoms with E-state index >= 15 is 0 Å². The van der Waals surface area contributed by atoms with E-state index in [2.05, 4.69) is 10.5 Å². The lowest BCUT2D eigenvalue weighted by molar-refractivity contribution is -0.123. The van der Waals surface area contributed by atoms with Crippen molar-refractivity contribution in [2.45, 2.75) is 0 Å². The molecule has 2 rings (SSSR count). The number of ether oxygens (including phenoxy) is 1. The van der Waals surface area contributed by atoms with Crippen LogP contribution in [0, 0.1) is 0 Å². The highest BCUT2D eigenvalue weighted by Gasteiger charge is 2.13. The standard InChI is InChI=1S/C15H19N3O2/c19-15(13-18-9-11-20-12-10-18)17-16-8-4-7-14-5-2-1-3-6-14/h1-8H,9-13H2,(H,17,19)/b7-4+,16-8+. The van der Waals surface area contributed by atoms with Gasteiger partial charge < -0.3 is 4.74 Å². The van der Waals surface area contributed by atoms with Gasteiger partial charge >= 0.3 is 0 Å². The number of benzene rings is 1. The van der Waals surface area contributed by atoms with Gasteiger partial charge in [0, 0.05) is 19.3 Å². The average Bonchev–Trinajstić information content (AvgIpc) is 2.49. The van der Waals surface area contributed by atoms with Crippen molar-refractivity contribution in [3.63, 3.8) is 0 Å². The summed E-state index contributed by atoms with van der Waals surface area (Å²) < 4.78 is 5.22. The van der Waals surface area contributed by atoms with Gasteiger partial charge in [0.15, 0.2) is 0 Å². The lowest BCUT2D eigenvalue weighted by Gasteiger charge is -2.25. The summed E-state index contributed by atoms with van der Waals surface area (Å²) in [5, 5.41) is 3.88. The molecule has 0 atom stereocenters. The Morgan fingerprint density at radius 2 is 2.05 bits per heavy atom. The number of rotatable bonds is 5. The molecule has 1 aliphatic heterocycles. The summed E-state index contributed by atoms with van der Waals surface area (Å²) in [5.41, 5.74) is 3.61. The molecule has 0 aromatic heterocycles. The Balaban J connectivity index is 1.67. The van der Waals surface area contributed by atoms with Crippen LogP contribution in [0.2, 0.25) is 0 Å². The molecule has 1 aliphatic rings. The van der Waals surface area contributed by atoms with Crippen molar-refractivity contribution in [2.24, 2.45) is 5.10 Å². The fraction of sp³-hybridized carbons (Fsp3) is 0.333. The number of hydrogen-bond donors (Lipinski definition) is 1. The summed E-state index contributed by atoms with van der Waals surface area (Å²) in [6, 6.07) is 9.92. The third kappa shape index (κ3) is 5.34. The van der Waals surface area contributed by atoms with Gasteiger partial charge in [-0.2, -0.15) is 5.10 Å². The molecule has 0 bridgehead atoms. The Morgan fingerprint density at radius 3 is 2.80 bits per heavy atom. The topological polar surface area (TPSA) is 53.9 Å². The molecule has 1 heterocycles. The van der Waals surface area contributed by atoms with E-state index in [1.165, 1.54) is 0 Å². The van der Waals surface area contributed by atoms with Crippen LogP contribution in [-0.4, -0.2) is 49.9 Å². The van der Waals surface area contributed by atoms with Crippen molar-refractivity contribution in [2.75, 3.05) is 32.8 Å². The fourth-order valence-corrected chi connectivity index (χ4v) is 1.87. The number of carbonyl (C=O) groups is 1. The summed E-state index contributed by atoms with van der Waals surface area (Å²) in [6.07, 6.45) is 5.30. The highest BCUT2D eigenvalue weighted by atomic mass is 16.5. The number of carbonyl (C=O) groups excluding carboxylic acids is 1. The minimum absolute atomic E-state index is 0.101. The third-order valence-electron chi connectivity index (χ3n) is 2.91. The van der Waals surface area contributed by atoms with Crippen LogP contribution in [0.5, 0.6) is 0 Å². The first kappa shape index (κ1) is 14.4. The number of morpholine rings is 1. The van der Waals surface area contributed by atoms with Crippen LogP contribution in [0.15, 0.2) is 41.5 Å². The number of nitrogens with zero attached hydrogens (tertiary/aromatic N) is 2. The van der Waals surface area contributed by atoms with Crippen molar-refractivity contribution in [3.05, 3.63) is 42.0 Å². The second kappa shape index (κ2) is 8.24. The molecule has 5 nitrogen and oxygen atoms in total. The first-order valence-corrected chi connectivity index (χ1v) is 6.68. The molecule has 0 unspecified atom stereocenters. The van der Waals surface area contributed by atoms with E-state index in [1.54, 1.807) is 12.3 Å². The van der Waals surface area contributed by atoms with Gasteiger partial charge in [0.25, 0.3) is 5.91 Å². The van der Waals surface area contributed by atoms with Crippen LogP contribution in [0.3, 0.4) is 0 Å². The van der Waals surface area contributed by atoms with Gasteiger partial charge in [-0.25, -0.2) is 5.43 Å². The largest absolute Gasteiger partial charge is 0.379 e. The number of hydrogen-bond acceptors (Lipinski definition) is 4. The molecule has 0 aliphatic carbocycles. The number of allylic oxidation sites excluding steroid dienone is 1. The molecule has 1 N–H and O–H groups in total. The van der Waals surface area contributed by atoms with E-state index in [0.29, 0.717) is 19.8 Å². The molecule has 0 radical (unpaired) electrons. The first-order chi connectivity index (χ1) is 9.84. The molecule has 106 valence electrons. The van der Waals surface area contributed by atoms with Crippen LogP contribution in [0.4, 0.5) is 0 Å². The highest BCUT2D eigenvalue weighted by molar-refractivity contribution is 5.82. The van der Waals surface area contributed by atoms with E-state index in [-0.39, 0.29) is 5.91 Å². The summed E-state index contributed by atoms with van der Waals surface area (Å²) >= 11 is 0. The second-order valence-corrected chi connectivity index (χ2v) is 4.47. The van der Waals surface area contributed by atoms with Crippen molar-refractivity contribution >= 4 is 18.2 Å². The Morgan fingerprint density at radius 1 is 1.30 bits per heavy atom. The molecular formula is C15H19N3O2. The van der Waals surface area contributed by atoms with Crippen molar-refractivity contribution < 1.29 is 9.53 Å². The average molecular weight is 273 g/mol. The molecule has 0 saturated carbocycles. The quantitative estimate of drug-likeness (QED) is 0.646. The summed E-state index contributed by atoms with van der Waals surface area (Å²) in [4.78, 5) is 13.7. The number of hydrazone groups is 1. The van der Waals surface area contributed by atoms with Crippen LogP contribution < -0.4 is 5.43 Å². The molecule has 1 aromatic carbocycles. The summed E-state index contributed by atoms with van der Waals surface area (Å²) in [6.45, 7) is 3.34. The Bertz CT molecular complexity index is 465. The second-order valence-electron chi connectivity index (χ2n) is 4.47. The Labute approximate surface area is 118 Å². The minimum atomic E-state index is -0.101. The van der Waals surface area contributed by atoms with Gasteiger partial charge in [0.1, 0.15) is 0 Å². The minimum Gasteiger partial charge on any atom is -0.379 e. The highest BCUT2D eigenvalue weighted by Crippen LogP contribution is 1.99. The van der Waals surface area contributed by atoms with Crippen LogP contribution in [-0.2, 0) is 9.53 Å². The molecular weight excluding hydrogens is 254 g/mol. The van der Waals surface area contributed by atoms with E-state index in [1.807, 2.05) is 41.3 Å². The maximum Gasteiger partial charge on any atom is 0.254 e. The molecule has 1 aromatic rings. The predicted octanol–water partition coefficient (Wildman–Crippen LogP) is 1.13. The van der Waals surface area contributed by atoms with E-state index in [9.17, 15) is 4.79 Å². The molecule has 0 spiro atoms. The summed E-state index contributed by atoms with van der Waals surface area (Å²) in [5.74, 6) is -0.101. The van der Waals surface area contributed by atoms with E-state index in [4.69, 9.17) is 4.74 Å². The van der Waals surface area contributed by atoms with Crippen LogP contribution in [0.1, 0.15) is 5.56 Å². The van der Waals surface area contributed by atoms with Gasteiger partial charge in [-0.05, 0) is 11.6 Å². The zero-order valence-electron chi connectivity index (χ0n) is 11.4. The molecule has 5 heteroatoms. The zero-order valence-corrected chi connectivity index (χ0v) is 11.4. The zero-order chi connectivity index (χ0) is 14.0. The van der Waals surface area contributed by atoms with Gasteiger partial charge in [-0.1, -0.05) is 36.4 Å². The van der Waals surface area contributed by atoms with Crippen molar-refractivity contribution in [1.29, 1.82) is 0 Å². The smallest absolute Gasteiger partial charge is 0.254 e. The SMILES string of the molecule is O=C(CN1CCOCC1)N/N=C/C=C/c1ccccc1. The molecule has 1 fully saturated rings. The fourth-order valence-electron chi connectivity index (χ4n) is 1.87. The van der Waals surface area contributed by atoms with Gasteiger partial charge in [-0.3, -0.25) is 9.69 Å². The maximum atomic E-state index is 11.6. The summed E-state index contributed by atoms with van der Waals surface area (Å²) in [7, 11) is 0. The molecule has 1 amide bonds. The van der Waals surface area contributed by atoms with Crippen LogP contribution >= 0.6 is 0 Å². The first-order valence-electron chi connectivity index (χ1n) is 6.68. The van der Waals surface area contributed by atoms with Gasteiger partial charge in [0.2, 0.25) is 0 Å². The Hall–Kier alpha value is -1.98. The van der Waals surface area contributed by atoms with E-state index < -0.39 is 0 Å². The lowest BCUT2D eigenvalue weighted by Crippen LogP contribution is -2.42. The van der Waals surface area contributed by atoms with Crippen molar-refractivity contribution in [3.8, 4) is 0 Å². The number of nitrogens with one attached hydrogen (secondary N) is 1. The third-order valence-corrected chi connectivity index (χ3v) is 2.91. The van der Waals surface area contributed by atoms with E-state index in [0.717, 1.165) is 18.7 Å². The lowest BCUT2D eigenvalue weighted by atomic mass is 10.2. The number of amides is 1.